The number of rotatable bonds is 43. The third kappa shape index (κ3) is 17.7. The lowest BCUT2D eigenvalue weighted by Gasteiger charge is -2.75. The summed E-state index contributed by atoms with van der Waals surface area (Å²) in [6.07, 6.45) is 33.5. The number of hydrogen-bond donors (Lipinski definition) is 1. The molecule has 5 fully saturated rings. The van der Waals surface area contributed by atoms with Crippen LogP contribution >= 0.6 is 0 Å². The molecule has 1 aromatic carbocycles. The van der Waals surface area contributed by atoms with E-state index in [4.69, 9.17) is 37.9 Å². The zero-order valence-electron chi connectivity index (χ0n) is 54.8. The highest BCUT2D eigenvalue weighted by molar-refractivity contribution is 5.78. The molecular formula is C71H115NO14. The number of benzene rings is 1. The average molecular weight is 1210 g/mol. The Morgan fingerprint density at radius 3 is 1.63 bits per heavy atom. The number of likely N-dealkylation sites (tertiary alicyclic amines) is 1. The molecule has 2 heterocycles. The van der Waals surface area contributed by atoms with Gasteiger partial charge in [0.2, 0.25) is 6.29 Å². The Morgan fingerprint density at radius 1 is 0.640 bits per heavy atom. The first kappa shape index (κ1) is 69.5. The number of hydrogen-bond acceptors (Lipinski definition) is 15. The van der Waals surface area contributed by atoms with E-state index in [0.717, 1.165) is 95.2 Å². The van der Waals surface area contributed by atoms with Gasteiger partial charge in [-0.15, -0.1) is 0 Å². The van der Waals surface area contributed by atoms with Crippen molar-refractivity contribution >= 4 is 30.0 Å². The predicted octanol–water partition coefficient (Wildman–Crippen LogP) is 15.9. The van der Waals surface area contributed by atoms with Crippen molar-refractivity contribution in [2.45, 2.75) is 327 Å². The number of methoxy groups -OCH3 is 1. The van der Waals surface area contributed by atoms with Crippen LogP contribution in [0.2, 0.25) is 0 Å². The number of piperidine rings is 1. The van der Waals surface area contributed by atoms with Gasteiger partial charge < -0.3 is 43.0 Å². The average Bonchev–Trinajstić information content (AvgIpc) is 1.27. The van der Waals surface area contributed by atoms with Crippen LogP contribution in [-0.2, 0) is 59.4 Å². The van der Waals surface area contributed by atoms with Gasteiger partial charge in [-0.1, -0.05) is 195 Å². The van der Waals surface area contributed by atoms with Crippen molar-refractivity contribution in [1.82, 2.24) is 4.90 Å². The van der Waals surface area contributed by atoms with E-state index in [1.807, 2.05) is 6.92 Å². The highest BCUT2D eigenvalue weighted by atomic mass is 16.8. The number of esters is 4. The molecule has 1 N–H and O–H groups in total. The van der Waals surface area contributed by atoms with Crippen molar-refractivity contribution in [3.8, 4) is 11.5 Å². The van der Waals surface area contributed by atoms with Gasteiger partial charge in [0.15, 0.2) is 17.6 Å². The lowest BCUT2D eigenvalue weighted by molar-refractivity contribution is -0.312. The van der Waals surface area contributed by atoms with Crippen molar-refractivity contribution in [3.05, 3.63) is 23.3 Å². The molecular weight excluding hydrogens is 1090 g/mol. The molecule has 4 saturated carbocycles. The minimum Gasteiger partial charge on any atom is -0.482 e. The van der Waals surface area contributed by atoms with Crippen LogP contribution < -0.4 is 9.47 Å². The summed E-state index contributed by atoms with van der Waals surface area (Å²) in [7, 11) is 1.76. The molecule has 2 aliphatic heterocycles. The molecule has 2 spiro atoms. The molecule has 1 aromatic rings. The van der Waals surface area contributed by atoms with Crippen LogP contribution in [-0.4, -0.2) is 109 Å². The molecule has 0 amide bonds. The van der Waals surface area contributed by atoms with Crippen LogP contribution in [0.1, 0.15) is 291 Å². The highest BCUT2D eigenvalue weighted by Crippen LogP contribution is 2.78. The Kier molecular flexibility index (Phi) is 26.8. The summed E-state index contributed by atoms with van der Waals surface area (Å²) in [5.74, 6) is -1.19. The van der Waals surface area contributed by atoms with E-state index < -0.39 is 77.0 Å². The summed E-state index contributed by atoms with van der Waals surface area (Å²) in [6, 6.07) is 4.10. The number of ether oxygens (including phenoxy) is 8. The van der Waals surface area contributed by atoms with Crippen LogP contribution in [0.4, 0.5) is 4.79 Å². The van der Waals surface area contributed by atoms with Gasteiger partial charge >= 0.3 is 30.0 Å². The molecule has 8 atom stereocenters. The Morgan fingerprint density at radius 2 is 1.14 bits per heavy atom. The molecule has 7 aliphatic rings. The van der Waals surface area contributed by atoms with Crippen LogP contribution in [0.15, 0.2) is 12.1 Å². The van der Waals surface area contributed by atoms with Gasteiger partial charge in [-0.25, -0.2) is 4.79 Å². The minimum atomic E-state index is -1.37. The van der Waals surface area contributed by atoms with E-state index in [-0.39, 0.29) is 55.6 Å². The Balaban J connectivity index is 0.874. The summed E-state index contributed by atoms with van der Waals surface area (Å²) in [5, 5.41) is 12.6. The maximum Gasteiger partial charge on any atom is 0.517 e. The molecule has 4 bridgehead atoms. The number of aliphatic hydroxyl groups is 1. The fourth-order valence-corrected chi connectivity index (χ4v) is 15.8. The molecule has 15 nitrogen and oxygen atoms in total. The number of nitrogens with zero attached hydrogens (tertiary/aromatic N) is 1. The van der Waals surface area contributed by atoms with E-state index in [0.29, 0.717) is 18.6 Å². The number of carbonyl (C=O) groups is 5. The van der Waals surface area contributed by atoms with Crippen molar-refractivity contribution < 1.29 is 67.0 Å². The Hall–Kier alpha value is -3.95. The third-order valence-electron chi connectivity index (χ3n) is 21.3. The van der Waals surface area contributed by atoms with Gasteiger partial charge in [0, 0.05) is 61.8 Å². The van der Waals surface area contributed by atoms with Crippen LogP contribution in [0, 0.1) is 22.7 Å². The monoisotopic (exact) mass is 1210 g/mol. The zero-order chi connectivity index (χ0) is 61.8. The normalized spacial score (nSPS) is 24.6. The quantitative estimate of drug-likeness (QED) is 0.0214. The van der Waals surface area contributed by atoms with E-state index in [2.05, 4.69) is 45.6 Å². The van der Waals surface area contributed by atoms with Gasteiger partial charge in [-0.3, -0.25) is 24.1 Å². The van der Waals surface area contributed by atoms with Crippen LogP contribution in [0.3, 0.4) is 0 Å². The number of unbranched alkanes of at least 4 members (excludes halogenated alkanes) is 24. The van der Waals surface area contributed by atoms with Gasteiger partial charge in [0.1, 0.15) is 24.9 Å². The van der Waals surface area contributed by atoms with Gasteiger partial charge in [-0.05, 0) is 94.2 Å². The predicted molar refractivity (Wildman–Crippen MR) is 333 cm³/mol. The molecule has 86 heavy (non-hydrogen) atoms. The minimum absolute atomic E-state index is 0.200. The van der Waals surface area contributed by atoms with Crippen LogP contribution in [0.25, 0.3) is 0 Å². The zero-order valence-corrected chi connectivity index (χ0v) is 54.8. The molecule has 2 unspecified atom stereocenters. The molecule has 1 saturated heterocycles. The van der Waals surface area contributed by atoms with Crippen molar-refractivity contribution in [1.29, 1.82) is 0 Å². The molecule has 8 rings (SSSR count). The summed E-state index contributed by atoms with van der Waals surface area (Å²) in [4.78, 5) is 68.5. The second-order valence-electron chi connectivity index (χ2n) is 28.3. The van der Waals surface area contributed by atoms with Crippen molar-refractivity contribution in [2.24, 2.45) is 22.7 Å². The third-order valence-corrected chi connectivity index (χ3v) is 21.3. The summed E-state index contributed by atoms with van der Waals surface area (Å²) >= 11 is 0. The van der Waals surface area contributed by atoms with Crippen LogP contribution in [0.5, 0.6) is 11.5 Å². The van der Waals surface area contributed by atoms with E-state index in [1.165, 1.54) is 141 Å². The standard InChI is InChI=1S/C71H115NO14/c1-9-11-13-15-17-19-21-23-25-27-29-31-33-35-59(73)80-50-55(51-81-60(74)36-34-32-30-28-26-24-22-20-18-16-14-12-10-2)84-62(76)42-41-61(75)82-52(3)83-66(77)85-56-40-39-54-47-58-69-43-44-71(79-8,57(48-69)68(7,78)67(4,5)6)65-70(69,63(54)64(56)86-65)45-46-72(58)49-53-37-38-53/h39-40,52-53,55,57-58,65,78H,9-38,41-51H2,1-8H3/t52?,57-,58?,65-,68+,69-,70+,71-/m1/s1. The molecule has 0 aromatic heterocycles. The first-order chi connectivity index (χ1) is 41.3. The van der Waals surface area contributed by atoms with Crippen molar-refractivity contribution in [2.75, 3.05) is 33.4 Å². The fourth-order valence-electron chi connectivity index (χ4n) is 15.8. The largest absolute Gasteiger partial charge is 0.517 e. The highest BCUT2D eigenvalue weighted by Gasteiger charge is 2.82. The van der Waals surface area contributed by atoms with E-state index >= 15 is 0 Å². The Labute approximate surface area is 517 Å². The molecule has 0 radical (unpaired) electrons. The van der Waals surface area contributed by atoms with Gasteiger partial charge in [0.25, 0.3) is 0 Å². The van der Waals surface area contributed by atoms with E-state index in [9.17, 15) is 29.1 Å². The molecule has 15 heteroatoms. The summed E-state index contributed by atoms with van der Waals surface area (Å²) in [5.41, 5.74) is -0.687. The first-order valence-corrected chi connectivity index (χ1v) is 34.8. The second-order valence-corrected chi connectivity index (χ2v) is 28.3. The van der Waals surface area contributed by atoms with Gasteiger partial charge in [-0.2, -0.15) is 0 Å². The molecule has 5 aliphatic carbocycles. The van der Waals surface area contributed by atoms with Crippen molar-refractivity contribution in [3.63, 3.8) is 0 Å². The lowest BCUT2D eigenvalue weighted by Crippen LogP contribution is -2.83. The lowest BCUT2D eigenvalue weighted by atomic mass is 9.33. The Bertz CT molecular complexity index is 2260. The first-order valence-electron chi connectivity index (χ1n) is 34.8. The number of carbonyl (C=O) groups excluding carboxylic acids is 5. The smallest absolute Gasteiger partial charge is 0.482 e. The summed E-state index contributed by atoms with van der Waals surface area (Å²) in [6.45, 7) is 15.6. The topological polar surface area (TPSA) is 183 Å². The number of fused-ring (bicyclic) bond motifs is 2. The maximum absolute atomic E-state index is 13.6. The summed E-state index contributed by atoms with van der Waals surface area (Å²) < 4.78 is 47.6. The maximum atomic E-state index is 13.6. The molecule has 488 valence electrons. The SMILES string of the molecule is CCCCCCCCCCCCCCCC(=O)OCC(COC(=O)CCCCCCCCCCCCCCC)OC(=O)CCC(=O)OC(C)OC(=O)Oc1ccc2c3c1O[C@H]1[C@@]4(OC)CC[C@@]5(C[C@@H]4[C@](C)(O)C(C)(C)C)C(C2)N(CC2CC2)CC[C@]315. The second kappa shape index (κ2) is 33.2. The van der Waals surface area contributed by atoms with Gasteiger partial charge in [0.05, 0.1) is 18.4 Å². The fraction of sp³-hybridized carbons (Fsp3) is 0.845. The van der Waals surface area contributed by atoms with E-state index in [1.54, 1.807) is 13.2 Å².